The van der Waals surface area contributed by atoms with Crippen molar-refractivity contribution in [2.24, 2.45) is 5.92 Å². The van der Waals surface area contributed by atoms with Crippen LogP contribution in [0.25, 0.3) is 0 Å². The van der Waals surface area contributed by atoms with E-state index < -0.39 is 0 Å². The van der Waals surface area contributed by atoms with Gasteiger partial charge in [-0.1, -0.05) is 6.42 Å². The van der Waals surface area contributed by atoms with Crippen LogP contribution in [0.1, 0.15) is 32.1 Å². The van der Waals surface area contributed by atoms with E-state index in [-0.39, 0.29) is 5.54 Å². The van der Waals surface area contributed by atoms with Crippen LogP contribution in [0.2, 0.25) is 0 Å². The predicted octanol–water partition coefficient (Wildman–Crippen LogP) is 1.13. The second-order valence-electron chi connectivity index (χ2n) is 6.71. The number of morpholine rings is 1. The first kappa shape index (κ1) is 15.3. The number of carbonyl (C=O) groups excluding carboxylic acids is 1. The Morgan fingerprint density at radius 1 is 1.29 bits per heavy atom. The van der Waals surface area contributed by atoms with Crippen LogP contribution in [0, 0.1) is 5.92 Å². The van der Waals surface area contributed by atoms with Gasteiger partial charge in [-0.25, -0.2) is 0 Å². The fourth-order valence-electron chi connectivity index (χ4n) is 3.83. The maximum atomic E-state index is 12.4. The molecule has 2 heterocycles. The van der Waals surface area contributed by atoms with Crippen LogP contribution in [-0.4, -0.2) is 74.4 Å². The van der Waals surface area contributed by atoms with Gasteiger partial charge in [-0.3, -0.25) is 9.69 Å². The van der Waals surface area contributed by atoms with Crippen molar-refractivity contribution in [1.29, 1.82) is 0 Å². The average molecular weight is 296 g/mol. The van der Waals surface area contributed by atoms with Crippen molar-refractivity contribution in [2.45, 2.75) is 37.6 Å². The number of rotatable bonds is 4. The lowest BCUT2D eigenvalue weighted by molar-refractivity contribution is -0.145. The van der Waals surface area contributed by atoms with Gasteiger partial charge in [0, 0.05) is 44.7 Å². The van der Waals surface area contributed by atoms with Crippen LogP contribution in [0.4, 0.5) is 0 Å². The van der Waals surface area contributed by atoms with Crippen LogP contribution in [0.3, 0.4) is 0 Å². The average Bonchev–Trinajstić information content (AvgIpc) is 2.45. The summed E-state index contributed by atoms with van der Waals surface area (Å²) in [5, 5.41) is 0. The molecule has 3 fully saturated rings. The van der Waals surface area contributed by atoms with Crippen molar-refractivity contribution in [3.8, 4) is 0 Å². The Morgan fingerprint density at radius 3 is 2.67 bits per heavy atom. The number of hydrogen-bond acceptors (Lipinski definition) is 4. The van der Waals surface area contributed by atoms with Crippen LogP contribution >= 0.6 is 0 Å². The molecule has 0 aromatic rings. The molecule has 120 valence electrons. The molecule has 0 bridgehead atoms. The normalized spacial score (nSPS) is 26.8. The minimum Gasteiger partial charge on any atom is -0.383 e. The monoisotopic (exact) mass is 296 g/mol. The van der Waals surface area contributed by atoms with Gasteiger partial charge < -0.3 is 14.4 Å². The van der Waals surface area contributed by atoms with E-state index in [2.05, 4.69) is 9.80 Å². The third-order valence-electron chi connectivity index (χ3n) is 5.57. The summed E-state index contributed by atoms with van der Waals surface area (Å²) in [4.78, 5) is 17.0. The molecule has 3 aliphatic rings. The van der Waals surface area contributed by atoms with Gasteiger partial charge >= 0.3 is 0 Å². The summed E-state index contributed by atoms with van der Waals surface area (Å²) in [7, 11) is 1.76. The fourth-order valence-corrected chi connectivity index (χ4v) is 3.83. The molecule has 0 atom stereocenters. The van der Waals surface area contributed by atoms with Crippen molar-refractivity contribution >= 4 is 5.91 Å². The van der Waals surface area contributed by atoms with E-state index in [9.17, 15) is 4.79 Å². The fraction of sp³-hybridized carbons (Fsp3) is 0.938. The van der Waals surface area contributed by atoms with Crippen molar-refractivity contribution in [2.75, 3.05) is 53.1 Å². The maximum Gasteiger partial charge on any atom is 0.225 e. The molecule has 2 saturated heterocycles. The van der Waals surface area contributed by atoms with Gasteiger partial charge in [0.25, 0.3) is 0 Å². The molecule has 1 amide bonds. The van der Waals surface area contributed by atoms with Crippen molar-refractivity contribution in [3.05, 3.63) is 0 Å². The lowest BCUT2D eigenvalue weighted by atomic mass is 9.81. The Labute approximate surface area is 127 Å². The largest absolute Gasteiger partial charge is 0.383 e. The number of ether oxygens (including phenoxy) is 2. The first-order valence-electron chi connectivity index (χ1n) is 8.36. The van der Waals surface area contributed by atoms with E-state index in [1.165, 1.54) is 6.42 Å². The van der Waals surface area contributed by atoms with E-state index >= 15 is 0 Å². The standard InChI is InChI=1S/C16H28N2O3/c1-20-11-9-18-10-12-21-13-16(18)5-7-17(8-6-16)15(19)14-3-2-4-14/h14H,2-13H2,1H3. The van der Waals surface area contributed by atoms with Gasteiger partial charge in [-0.15, -0.1) is 0 Å². The second kappa shape index (κ2) is 6.63. The number of piperidine rings is 1. The van der Waals surface area contributed by atoms with Gasteiger partial charge in [-0.05, 0) is 25.7 Å². The Balaban J connectivity index is 1.57. The lowest BCUT2D eigenvalue weighted by Crippen LogP contribution is -2.62. The molecule has 3 rings (SSSR count). The van der Waals surface area contributed by atoms with Crippen LogP contribution in [0.5, 0.6) is 0 Å². The van der Waals surface area contributed by atoms with Gasteiger partial charge in [0.2, 0.25) is 5.91 Å². The highest BCUT2D eigenvalue weighted by Gasteiger charge is 2.43. The lowest BCUT2D eigenvalue weighted by Gasteiger charge is -2.51. The first-order chi connectivity index (χ1) is 10.2. The van der Waals surface area contributed by atoms with Crippen LogP contribution < -0.4 is 0 Å². The van der Waals surface area contributed by atoms with Crippen molar-refractivity contribution in [1.82, 2.24) is 9.80 Å². The SMILES string of the molecule is COCCN1CCOCC12CCN(C(=O)C1CCC1)CC2. The third kappa shape index (κ3) is 3.10. The Kier molecular flexibility index (Phi) is 4.82. The molecular formula is C16H28N2O3. The van der Waals surface area contributed by atoms with Gasteiger partial charge in [-0.2, -0.15) is 0 Å². The first-order valence-corrected chi connectivity index (χ1v) is 8.36. The van der Waals surface area contributed by atoms with E-state index in [1.807, 2.05) is 0 Å². The molecule has 1 aliphatic carbocycles. The summed E-state index contributed by atoms with van der Waals surface area (Å²) in [6, 6.07) is 0. The van der Waals surface area contributed by atoms with E-state index in [0.717, 1.165) is 71.7 Å². The minimum atomic E-state index is 0.132. The van der Waals surface area contributed by atoms with Gasteiger partial charge in [0.1, 0.15) is 0 Å². The predicted molar refractivity (Wildman–Crippen MR) is 80.2 cm³/mol. The molecule has 21 heavy (non-hydrogen) atoms. The molecule has 0 N–H and O–H groups in total. The summed E-state index contributed by atoms with van der Waals surface area (Å²) in [5.41, 5.74) is 0.132. The molecule has 5 heteroatoms. The highest BCUT2D eigenvalue weighted by atomic mass is 16.5. The maximum absolute atomic E-state index is 12.4. The number of amides is 1. The van der Waals surface area contributed by atoms with E-state index in [4.69, 9.17) is 9.47 Å². The van der Waals surface area contributed by atoms with Gasteiger partial charge in [0.15, 0.2) is 0 Å². The smallest absolute Gasteiger partial charge is 0.225 e. The number of carbonyl (C=O) groups is 1. The third-order valence-corrected chi connectivity index (χ3v) is 5.57. The highest BCUT2D eigenvalue weighted by molar-refractivity contribution is 5.79. The summed E-state index contributed by atoms with van der Waals surface area (Å²) in [5.74, 6) is 0.725. The molecule has 1 spiro atoms. The molecule has 0 aromatic carbocycles. The summed E-state index contributed by atoms with van der Waals surface area (Å²) < 4.78 is 11.0. The molecule has 0 radical (unpaired) electrons. The molecule has 0 aromatic heterocycles. The minimum absolute atomic E-state index is 0.132. The summed E-state index contributed by atoms with van der Waals surface area (Å²) in [6.07, 6.45) is 5.50. The summed E-state index contributed by atoms with van der Waals surface area (Å²) >= 11 is 0. The zero-order chi connectivity index (χ0) is 14.7. The molecule has 1 saturated carbocycles. The number of likely N-dealkylation sites (tertiary alicyclic amines) is 1. The zero-order valence-electron chi connectivity index (χ0n) is 13.2. The number of hydrogen-bond donors (Lipinski definition) is 0. The molecule has 0 unspecified atom stereocenters. The molecule has 2 aliphatic heterocycles. The zero-order valence-corrected chi connectivity index (χ0v) is 13.2. The number of methoxy groups -OCH3 is 1. The number of nitrogens with zero attached hydrogens (tertiary/aromatic N) is 2. The summed E-state index contributed by atoms with van der Waals surface area (Å²) in [6.45, 7) is 6.13. The van der Waals surface area contributed by atoms with Gasteiger partial charge in [0.05, 0.1) is 19.8 Å². The molecule has 5 nitrogen and oxygen atoms in total. The Morgan fingerprint density at radius 2 is 2.05 bits per heavy atom. The van der Waals surface area contributed by atoms with Crippen molar-refractivity contribution < 1.29 is 14.3 Å². The van der Waals surface area contributed by atoms with Crippen LogP contribution in [0.15, 0.2) is 0 Å². The quantitative estimate of drug-likeness (QED) is 0.780. The highest BCUT2D eigenvalue weighted by Crippen LogP contribution is 2.34. The van der Waals surface area contributed by atoms with E-state index in [1.54, 1.807) is 7.11 Å². The topological polar surface area (TPSA) is 42.0 Å². The van der Waals surface area contributed by atoms with E-state index in [0.29, 0.717) is 11.8 Å². The van der Waals surface area contributed by atoms with Crippen molar-refractivity contribution in [3.63, 3.8) is 0 Å². The molecular weight excluding hydrogens is 268 g/mol. The van der Waals surface area contributed by atoms with Crippen LogP contribution in [-0.2, 0) is 14.3 Å². The second-order valence-corrected chi connectivity index (χ2v) is 6.71. The Hall–Kier alpha value is -0.650. The Bertz CT molecular complexity index is 363.